The Hall–Kier alpha value is -0.640. The lowest BCUT2D eigenvalue weighted by Crippen LogP contribution is -2.55. The molecule has 0 aliphatic carbocycles. The van der Waals surface area contributed by atoms with Gasteiger partial charge in [-0.05, 0) is 47.0 Å². The zero-order valence-corrected chi connectivity index (χ0v) is 11.4. The monoisotopic (exact) mass is 242 g/mol. The van der Waals surface area contributed by atoms with Crippen molar-refractivity contribution in [1.82, 2.24) is 4.90 Å². The maximum atomic E-state index is 12.4. The van der Waals surface area contributed by atoms with E-state index in [9.17, 15) is 4.79 Å². The van der Waals surface area contributed by atoms with Gasteiger partial charge in [0.25, 0.3) is 0 Å². The van der Waals surface area contributed by atoms with Crippen molar-refractivity contribution in [3.8, 4) is 0 Å². The van der Waals surface area contributed by atoms with Crippen molar-refractivity contribution in [1.29, 1.82) is 0 Å². The highest BCUT2D eigenvalue weighted by Crippen LogP contribution is 2.28. The van der Waals surface area contributed by atoms with Crippen molar-refractivity contribution < 1.29 is 4.79 Å². The Morgan fingerprint density at radius 3 is 2.12 bits per heavy atom. The van der Waals surface area contributed by atoms with E-state index in [1.807, 2.05) is 18.7 Å². The summed E-state index contributed by atoms with van der Waals surface area (Å²) >= 11 is 4.98. The minimum atomic E-state index is -0.727. The number of amides is 1. The van der Waals surface area contributed by atoms with E-state index in [1.165, 1.54) is 6.42 Å². The van der Waals surface area contributed by atoms with E-state index in [4.69, 9.17) is 18.0 Å². The quantitative estimate of drug-likeness (QED) is 0.754. The third kappa shape index (κ3) is 2.37. The van der Waals surface area contributed by atoms with E-state index in [0.717, 1.165) is 12.8 Å². The van der Waals surface area contributed by atoms with Crippen LogP contribution in [0.25, 0.3) is 0 Å². The Labute approximate surface area is 103 Å². The Bertz CT molecular complexity index is 291. The minimum absolute atomic E-state index is 0.0692. The molecule has 92 valence electrons. The third-order valence-corrected chi connectivity index (χ3v) is 4.09. The number of carbonyl (C=O) groups excluding carboxylic acids is 1. The van der Waals surface area contributed by atoms with E-state index >= 15 is 0 Å². The molecule has 1 rings (SSSR count). The summed E-state index contributed by atoms with van der Waals surface area (Å²) in [6, 6.07) is 0.592. The van der Waals surface area contributed by atoms with Crippen LogP contribution in [0.1, 0.15) is 47.0 Å². The van der Waals surface area contributed by atoms with Gasteiger partial charge in [0, 0.05) is 12.1 Å². The number of nitrogens with two attached hydrogens (primary N) is 1. The van der Waals surface area contributed by atoms with Crippen LogP contribution in [0.15, 0.2) is 0 Å². The first kappa shape index (κ1) is 13.4. The van der Waals surface area contributed by atoms with Gasteiger partial charge in [0.05, 0.1) is 10.4 Å². The summed E-state index contributed by atoms with van der Waals surface area (Å²) in [4.78, 5) is 14.7. The summed E-state index contributed by atoms with van der Waals surface area (Å²) in [6.45, 7) is 7.82. The number of carbonyl (C=O) groups is 1. The van der Waals surface area contributed by atoms with E-state index in [2.05, 4.69) is 13.8 Å². The summed E-state index contributed by atoms with van der Waals surface area (Å²) in [6.07, 6.45) is 3.34. The van der Waals surface area contributed by atoms with Crippen LogP contribution in [0.3, 0.4) is 0 Å². The van der Waals surface area contributed by atoms with Crippen molar-refractivity contribution in [3.05, 3.63) is 0 Å². The highest BCUT2D eigenvalue weighted by molar-refractivity contribution is 7.80. The molecular formula is C12H22N2OS. The summed E-state index contributed by atoms with van der Waals surface area (Å²) in [5, 5.41) is 0. The molecular weight excluding hydrogens is 220 g/mol. The van der Waals surface area contributed by atoms with Gasteiger partial charge >= 0.3 is 0 Å². The molecule has 2 N–H and O–H groups in total. The van der Waals surface area contributed by atoms with Crippen molar-refractivity contribution in [2.45, 2.75) is 59.0 Å². The molecule has 16 heavy (non-hydrogen) atoms. The molecule has 0 bridgehead atoms. The van der Waals surface area contributed by atoms with E-state index < -0.39 is 5.41 Å². The second kappa shape index (κ2) is 4.70. The molecule has 0 aromatic heterocycles. The molecule has 0 aromatic carbocycles. The Kier molecular flexibility index (Phi) is 3.94. The van der Waals surface area contributed by atoms with Crippen LogP contribution < -0.4 is 5.73 Å². The van der Waals surface area contributed by atoms with Crippen LogP contribution in [0.2, 0.25) is 0 Å². The van der Waals surface area contributed by atoms with Crippen LogP contribution in [0.5, 0.6) is 0 Å². The molecule has 1 aliphatic heterocycles. The van der Waals surface area contributed by atoms with Gasteiger partial charge in [-0.25, -0.2) is 0 Å². The van der Waals surface area contributed by atoms with Crippen LogP contribution >= 0.6 is 12.2 Å². The van der Waals surface area contributed by atoms with E-state index in [1.54, 1.807) is 0 Å². The minimum Gasteiger partial charge on any atom is -0.392 e. The molecule has 0 radical (unpaired) electrons. The Morgan fingerprint density at radius 2 is 1.75 bits per heavy atom. The first-order chi connectivity index (χ1) is 7.28. The van der Waals surface area contributed by atoms with Crippen molar-refractivity contribution in [2.24, 2.45) is 11.1 Å². The van der Waals surface area contributed by atoms with Gasteiger partial charge in [-0.15, -0.1) is 0 Å². The summed E-state index contributed by atoms with van der Waals surface area (Å²) in [5.74, 6) is 0.0692. The maximum absolute atomic E-state index is 12.4. The van der Waals surface area contributed by atoms with Gasteiger partial charge in [0.1, 0.15) is 0 Å². The topological polar surface area (TPSA) is 46.3 Å². The fourth-order valence-corrected chi connectivity index (χ4v) is 2.34. The van der Waals surface area contributed by atoms with E-state index in [-0.39, 0.29) is 10.9 Å². The smallest absolute Gasteiger partial charge is 0.235 e. The lowest BCUT2D eigenvalue weighted by atomic mass is 9.87. The highest BCUT2D eigenvalue weighted by Gasteiger charge is 2.39. The van der Waals surface area contributed by atoms with Gasteiger partial charge in [-0.3, -0.25) is 4.79 Å². The standard InChI is InChI=1S/C12H22N2OS/c1-8-6-5-7-9(2)14(8)11(15)12(3,4)10(13)16/h8-9H,5-7H2,1-4H3,(H2,13,16)/t8-,9+. The second-order valence-corrected chi connectivity index (χ2v) is 5.77. The van der Waals surface area contributed by atoms with Gasteiger partial charge in [-0.1, -0.05) is 12.2 Å². The number of piperidine rings is 1. The first-order valence-electron chi connectivity index (χ1n) is 5.91. The average Bonchev–Trinajstić information content (AvgIpc) is 2.16. The fourth-order valence-electron chi connectivity index (χ4n) is 2.25. The normalized spacial score (nSPS) is 26.6. The van der Waals surface area contributed by atoms with Crippen LogP contribution in [0.4, 0.5) is 0 Å². The number of thiocarbonyl (C=S) groups is 1. The molecule has 1 aliphatic rings. The fraction of sp³-hybridized carbons (Fsp3) is 0.833. The molecule has 1 saturated heterocycles. The number of hydrogen-bond acceptors (Lipinski definition) is 2. The molecule has 0 saturated carbocycles. The predicted molar refractivity (Wildman–Crippen MR) is 70.2 cm³/mol. The van der Waals surface area contributed by atoms with Crippen molar-refractivity contribution >= 4 is 23.1 Å². The second-order valence-electron chi connectivity index (χ2n) is 5.33. The van der Waals surface area contributed by atoms with Crippen molar-refractivity contribution in [3.63, 3.8) is 0 Å². The van der Waals surface area contributed by atoms with Gasteiger partial charge in [0.2, 0.25) is 5.91 Å². The lowest BCUT2D eigenvalue weighted by molar-refractivity contribution is -0.143. The average molecular weight is 242 g/mol. The molecule has 3 nitrogen and oxygen atoms in total. The molecule has 1 heterocycles. The largest absolute Gasteiger partial charge is 0.392 e. The molecule has 1 fully saturated rings. The molecule has 2 atom stereocenters. The predicted octanol–water partition coefficient (Wildman–Crippen LogP) is 2.09. The van der Waals surface area contributed by atoms with Crippen molar-refractivity contribution in [2.75, 3.05) is 0 Å². The number of rotatable bonds is 2. The number of likely N-dealkylation sites (tertiary alicyclic amines) is 1. The number of nitrogens with zero attached hydrogens (tertiary/aromatic N) is 1. The Morgan fingerprint density at radius 1 is 1.31 bits per heavy atom. The van der Waals surface area contributed by atoms with Crippen LogP contribution in [-0.2, 0) is 4.79 Å². The van der Waals surface area contributed by atoms with Gasteiger partial charge in [0.15, 0.2) is 0 Å². The highest BCUT2D eigenvalue weighted by atomic mass is 32.1. The SMILES string of the molecule is C[C@@H]1CCC[C@H](C)N1C(=O)C(C)(C)C(N)=S. The molecule has 0 spiro atoms. The maximum Gasteiger partial charge on any atom is 0.235 e. The summed E-state index contributed by atoms with van der Waals surface area (Å²) in [5.41, 5.74) is 4.93. The number of hydrogen-bond donors (Lipinski definition) is 1. The molecule has 0 unspecified atom stereocenters. The van der Waals surface area contributed by atoms with E-state index in [0.29, 0.717) is 12.1 Å². The summed E-state index contributed by atoms with van der Waals surface area (Å²) in [7, 11) is 0. The first-order valence-corrected chi connectivity index (χ1v) is 6.32. The van der Waals surface area contributed by atoms with Crippen LogP contribution in [0, 0.1) is 5.41 Å². The zero-order chi connectivity index (χ0) is 12.5. The summed E-state index contributed by atoms with van der Waals surface area (Å²) < 4.78 is 0. The zero-order valence-electron chi connectivity index (χ0n) is 10.6. The molecule has 1 amide bonds. The van der Waals surface area contributed by atoms with Gasteiger partial charge < -0.3 is 10.6 Å². The lowest BCUT2D eigenvalue weighted by Gasteiger charge is -2.42. The van der Waals surface area contributed by atoms with Gasteiger partial charge in [-0.2, -0.15) is 0 Å². The molecule has 4 heteroatoms. The molecule has 0 aromatic rings. The third-order valence-electron chi connectivity index (χ3n) is 3.58. The Balaban J connectivity index is 2.90. The van der Waals surface area contributed by atoms with Crippen LogP contribution in [-0.4, -0.2) is 27.9 Å².